The number of carboxylic acid groups (broad SMARTS) is 1. The Morgan fingerprint density at radius 2 is 1.83 bits per heavy atom. The van der Waals surface area contributed by atoms with Crippen LogP contribution in [0.2, 0.25) is 0 Å². The third kappa shape index (κ3) is 5.74. The normalized spacial score (nSPS) is 12.3. The topological polar surface area (TPSA) is 110 Å². The molecule has 0 aromatic heterocycles. The molecular formula is C18H14F4N2O5. The van der Waals surface area contributed by atoms with Crippen molar-refractivity contribution < 1.29 is 37.2 Å². The highest BCUT2D eigenvalue weighted by molar-refractivity contribution is 6.04. The maximum atomic E-state index is 13.6. The fourth-order valence-corrected chi connectivity index (χ4v) is 2.60. The second kappa shape index (κ2) is 8.67. The average molecular weight is 414 g/mol. The highest BCUT2D eigenvalue weighted by Gasteiger charge is 2.35. The van der Waals surface area contributed by atoms with E-state index in [1.807, 2.05) is 0 Å². The second-order valence-electron chi connectivity index (χ2n) is 6.04. The van der Waals surface area contributed by atoms with Crippen molar-refractivity contribution in [1.82, 2.24) is 0 Å². The molecule has 154 valence electrons. The molecule has 0 radical (unpaired) electrons. The molecular weight excluding hydrogens is 400 g/mol. The Hall–Kier alpha value is -3.50. The number of nitrogens with zero attached hydrogens (tertiary/aromatic N) is 1. The van der Waals surface area contributed by atoms with Gasteiger partial charge in [0.05, 0.1) is 11.3 Å². The van der Waals surface area contributed by atoms with Crippen LogP contribution in [-0.2, 0) is 28.7 Å². The molecule has 0 spiro atoms. The number of alkyl halides is 3. The lowest BCUT2D eigenvalue weighted by molar-refractivity contribution is -0.497. The lowest BCUT2D eigenvalue weighted by Crippen LogP contribution is -2.31. The van der Waals surface area contributed by atoms with Crippen LogP contribution in [0.15, 0.2) is 42.5 Å². The number of para-hydroxylation sites is 1. The van der Waals surface area contributed by atoms with Crippen LogP contribution in [0.4, 0.5) is 23.2 Å². The molecule has 0 fully saturated rings. The number of carbonyl (C=O) groups is 2. The third-order valence-electron chi connectivity index (χ3n) is 3.97. The number of carbonyl (C=O) groups excluding carboxylic acids is 1. The van der Waals surface area contributed by atoms with Gasteiger partial charge < -0.3 is 10.4 Å². The molecule has 0 bridgehead atoms. The Labute approximate surface area is 161 Å². The van der Waals surface area contributed by atoms with Gasteiger partial charge in [-0.15, -0.1) is 0 Å². The van der Waals surface area contributed by atoms with Crippen LogP contribution in [0.25, 0.3) is 0 Å². The molecule has 2 rings (SSSR count). The van der Waals surface area contributed by atoms with Crippen molar-refractivity contribution in [2.45, 2.75) is 19.1 Å². The third-order valence-corrected chi connectivity index (χ3v) is 3.97. The van der Waals surface area contributed by atoms with E-state index in [2.05, 4.69) is 5.32 Å². The van der Waals surface area contributed by atoms with Crippen LogP contribution in [0.5, 0.6) is 0 Å². The van der Waals surface area contributed by atoms with Crippen LogP contribution in [0.1, 0.15) is 16.7 Å². The molecule has 1 unspecified atom stereocenters. The molecule has 0 saturated carbocycles. The summed E-state index contributed by atoms with van der Waals surface area (Å²) in [7, 11) is 0. The quantitative estimate of drug-likeness (QED) is 0.312. The summed E-state index contributed by atoms with van der Waals surface area (Å²) in [4.78, 5) is 33.3. The first-order valence-corrected chi connectivity index (χ1v) is 8.08. The van der Waals surface area contributed by atoms with Gasteiger partial charge in [0.1, 0.15) is 11.7 Å². The number of amides is 1. The van der Waals surface area contributed by atoms with E-state index in [9.17, 15) is 42.4 Å². The largest absolute Gasteiger partial charge is 0.481 e. The van der Waals surface area contributed by atoms with Gasteiger partial charge in [-0.05, 0) is 30.2 Å². The molecule has 11 heteroatoms. The number of hydrogen-bond acceptors (Lipinski definition) is 4. The van der Waals surface area contributed by atoms with Crippen molar-refractivity contribution in [2.75, 3.05) is 5.32 Å². The first-order chi connectivity index (χ1) is 13.5. The second-order valence-corrected chi connectivity index (χ2v) is 6.04. The van der Waals surface area contributed by atoms with Crippen molar-refractivity contribution in [3.63, 3.8) is 0 Å². The smallest absolute Gasteiger partial charge is 0.416 e. The van der Waals surface area contributed by atoms with Crippen molar-refractivity contribution in [3.05, 3.63) is 75.1 Å². The van der Waals surface area contributed by atoms with E-state index in [0.29, 0.717) is 6.07 Å². The molecule has 2 aromatic carbocycles. The maximum Gasteiger partial charge on any atom is 0.416 e. The molecule has 29 heavy (non-hydrogen) atoms. The lowest BCUT2D eigenvalue weighted by Gasteiger charge is -2.16. The van der Waals surface area contributed by atoms with Crippen molar-refractivity contribution >= 4 is 17.6 Å². The van der Waals surface area contributed by atoms with E-state index in [0.717, 1.165) is 18.2 Å². The molecule has 0 aliphatic rings. The number of halogens is 4. The number of aliphatic carboxylic acids is 1. The number of nitro groups is 1. The van der Waals surface area contributed by atoms with Gasteiger partial charge in [0.2, 0.25) is 12.5 Å². The molecule has 0 saturated heterocycles. The van der Waals surface area contributed by atoms with Crippen LogP contribution in [0.3, 0.4) is 0 Å². The van der Waals surface area contributed by atoms with Gasteiger partial charge >= 0.3 is 12.1 Å². The summed E-state index contributed by atoms with van der Waals surface area (Å²) in [5.41, 5.74) is -2.32. The van der Waals surface area contributed by atoms with Gasteiger partial charge in [-0.1, -0.05) is 24.3 Å². The molecule has 2 N–H and O–H groups in total. The van der Waals surface area contributed by atoms with Crippen LogP contribution in [-0.4, -0.2) is 21.9 Å². The van der Waals surface area contributed by atoms with E-state index in [-0.39, 0.29) is 11.3 Å². The van der Waals surface area contributed by atoms with Gasteiger partial charge in [0.25, 0.3) is 0 Å². The van der Waals surface area contributed by atoms with Crippen molar-refractivity contribution in [3.8, 4) is 0 Å². The van der Waals surface area contributed by atoms with Crippen LogP contribution >= 0.6 is 0 Å². The molecule has 0 aliphatic heterocycles. The highest BCUT2D eigenvalue weighted by atomic mass is 19.4. The summed E-state index contributed by atoms with van der Waals surface area (Å²) in [6.45, 7) is -1.06. The molecule has 0 heterocycles. The number of rotatable bonds is 7. The zero-order valence-electron chi connectivity index (χ0n) is 14.6. The van der Waals surface area contributed by atoms with E-state index >= 15 is 0 Å². The highest BCUT2D eigenvalue weighted by Crippen LogP contribution is 2.33. The van der Waals surface area contributed by atoms with E-state index in [1.54, 1.807) is 0 Å². The summed E-state index contributed by atoms with van der Waals surface area (Å²) >= 11 is 0. The Kier molecular flexibility index (Phi) is 6.52. The van der Waals surface area contributed by atoms with Crippen LogP contribution in [0, 0.1) is 21.8 Å². The van der Waals surface area contributed by atoms with Crippen molar-refractivity contribution in [1.29, 1.82) is 0 Å². The van der Waals surface area contributed by atoms with E-state index in [4.69, 9.17) is 0 Å². The van der Waals surface area contributed by atoms with Crippen LogP contribution < -0.4 is 5.32 Å². The summed E-state index contributed by atoms with van der Waals surface area (Å²) in [6.07, 6.45) is -5.53. The number of nitrogens with one attached hydrogen (secondary N) is 1. The van der Waals surface area contributed by atoms with Gasteiger partial charge in [-0.3, -0.25) is 19.7 Å². The predicted molar refractivity (Wildman–Crippen MR) is 92.0 cm³/mol. The fraction of sp³-hybridized carbons (Fsp3) is 0.222. The summed E-state index contributed by atoms with van der Waals surface area (Å²) in [5.74, 6) is -5.36. The monoisotopic (exact) mass is 414 g/mol. The molecule has 0 aliphatic carbocycles. The SMILES string of the molecule is O=C(O)C(Cc1ccc(C[N+](=O)[O-])c(C(F)(F)F)c1)C(=O)Nc1ccccc1F. The van der Waals surface area contributed by atoms with Gasteiger partial charge in [0.15, 0.2) is 0 Å². The zero-order valence-corrected chi connectivity index (χ0v) is 14.6. The summed E-state index contributed by atoms with van der Waals surface area (Å²) < 4.78 is 53.2. The minimum atomic E-state index is -4.91. The minimum Gasteiger partial charge on any atom is -0.481 e. The fourth-order valence-electron chi connectivity index (χ4n) is 2.60. The number of hydrogen-bond donors (Lipinski definition) is 2. The standard InChI is InChI=1S/C18H14F4N2O5/c19-14-3-1-2-4-15(14)23-16(25)12(17(26)27)7-10-5-6-11(9-24(28)29)13(8-10)18(20,21)22/h1-6,8,12H,7,9H2,(H,23,25)(H,26,27). The zero-order chi connectivity index (χ0) is 21.8. The first kappa shape index (κ1) is 21.8. The number of anilines is 1. The van der Waals surface area contributed by atoms with Gasteiger partial charge in [0, 0.05) is 10.5 Å². The van der Waals surface area contributed by atoms with Gasteiger partial charge in [-0.25, -0.2) is 4.39 Å². The minimum absolute atomic E-state index is 0.166. The maximum absolute atomic E-state index is 13.6. The Bertz CT molecular complexity index is 946. The Balaban J connectivity index is 2.30. The van der Waals surface area contributed by atoms with E-state index in [1.165, 1.54) is 18.2 Å². The first-order valence-electron chi connectivity index (χ1n) is 8.08. The number of benzene rings is 2. The summed E-state index contributed by atoms with van der Waals surface area (Å²) in [6, 6.07) is 7.51. The molecule has 1 amide bonds. The van der Waals surface area contributed by atoms with Gasteiger partial charge in [-0.2, -0.15) is 13.2 Å². The molecule has 7 nitrogen and oxygen atoms in total. The molecule has 1 atom stereocenters. The number of carboxylic acids is 1. The lowest BCUT2D eigenvalue weighted by atomic mass is 9.95. The molecule has 2 aromatic rings. The Morgan fingerprint density at radius 3 is 2.38 bits per heavy atom. The Morgan fingerprint density at radius 1 is 1.17 bits per heavy atom. The van der Waals surface area contributed by atoms with E-state index < -0.39 is 58.8 Å². The average Bonchev–Trinajstić information content (AvgIpc) is 2.61. The van der Waals surface area contributed by atoms with Crippen molar-refractivity contribution in [2.24, 2.45) is 5.92 Å². The predicted octanol–water partition coefficient (Wildman–Crippen LogP) is 3.50. The summed E-state index contributed by atoms with van der Waals surface area (Å²) in [5, 5.41) is 21.9.